The Balaban J connectivity index is 1.95. The minimum atomic E-state index is -0.529. The fourth-order valence-electron chi connectivity index (χ4n) is 2.64. The van der Waals surface area contributed by atoms with Gasteiger partial charge < -0.3 is 4.74 Å². The van der Waals surface area contributed by atoms with Crippen LogP contribution in [0.4, 0.5) is 0 Å². The summed E-state index contributed by atoms with van der Waals surface area (Å²) in [6, 6.07) is 17.4. The molecule has 144 valence electrons. The Morgan fingerprint density at radius 2 is 1.96 bits per heavy atom. The number of thioether (sulfide) groups is 1. The summed E-state index contributed by atoms with van der Waals surface area (Å²) in [5.41, 5.74) is 1.80. The molecule has 28 heavy (non-hydrogen) atoms. The smallest absolute Gasteiger partial charge is 0.324 e. The van der Waals surface area contributed by atoms with Crippen LogP contribution in [0.2, 0.25) is 0 Å². The Morgan fingerprint density at radius 1 is 1.25 bits per heavy atom. The van der Waals surface area contributed by atoms with Gasteiger partial charge in [-0.1, -0.05) is 76.2 Å². The summed E-state index contributed by atoms with van der Waals surface area (Å²) >= 11 is 4.73. The summed E-state index contributed by atoms with van der Waals surface area (Å²) < 4.78 is 8.05. The number of carbonyl (C=O) groups is 1. The molecule has 0 saturated heterocycles. The highest BCUT2D eigenvalue weighted by Gasteiger charge is 2.26. The molecule has 1 unspecified atom stereocenters. The third-order valence-corrected chi connectivity index (χ3v) is 5.50. The maximum atomic E-state index is 12.5. The van der Waals surface area contributed by atoms with Gasteiger partial charge in [-0.3, -0.25) is 4.79 Å². The van der Waals surface area contributed by atoms with Crippen molar-refractivity contribution in [2.24, 2.45) is 0 Å². The SMILES string of the molecule is C=CCn1nc(SC(C(=O)OCC)c2ccccc2)nc1-c1ccc(Br)cc1. The molecule has 0 aliphatic heterocycles. The lowest BCUT2D eigenvalue weighted by Crippen LogP contribution is -2.13. The Kier molecular flexibility index (Phi) is 7.06. The molecule has 2 aromatic carbocycles. The van der Waals surface area contributed by atoms with Crippen molar-refractivity contribution in [3.05, 3.63) is 77.3 Å². The van der Waals surface area contributed by atoms with Gasteiger partial charge in [0.15, 0.2) is 5.82 Å². The lowest BCUT2D eigenvalue weighted by molar-refractivity contribution is -0.142. The fraction of sp³-hybridized carbons (Fsp3) is 0.190. The lowest BCUT2D eigenvalue weighted by Gasteiger charge is -2.13. The predicted molar refractivity (Wildman–Crippen MR) is 115 cm³/mol. The Bertz CT molecular complexity index is 942. The molecule has 3 rings (SSSR count). The number of allylic oxidation sites excluding steroid dienone is 1. The van der Waals surface area contributed by atoms with E-state index in [1.54, 1.807) is 17.7 Å². The largest absolute Gasteiger partial charge is 0.465 e. The van der Waals surface area contributed by atoms with Gasteiger partial charge in [-0.2, -0.15) is 0 Å². The highest BCUT2D eigenvalue weighted by Crippen LogP contribution is 2.35. The molecule has 0 fully saturated rings. The van der Waals surface area contributed by atoms with E-state index in [0.29, 0.717) is 18.3 Å². The first-order valence-corrected chi connectivity index (χ1v) is 10.5. The minimum Gasteiger partial charge on any atom is -0.465 e. The van der Waals surface area contributed by atoms with Gasteiger partial charge >= 0.3 is 5.97 Å². The average molecular weight is 458 g/mol. The number of rotatable bonds is 8. The second-order valence-electron chi connectivity index (χ2n) is 5.86. The number of aromatic nitrogens is 3. The summed E-state index contributed by atoms with van der Waals surface area (Å²) in [6.45, 7) is 6.44. The van der Waals surface area contributed by atoms with Crippen molar-refractivity contribution in [2.45, 2.75) is 23.9 Å². The number of esters is 1. The third-order valence-electron chi connectivity index (χ3n) is 3.88. The van der Waals surface area contributed by atoms with E-state index in [1.807, 2.05) is 54.6 Å². The molecule has 0 N–H and O–H groups in total. The maximum absolute atomic E-state index is 12.5. The van der Waals surface area contributed by atoms with Crippen molar-refractivity contribution >= 4 is 33.7 Å². The van der Waals surface area contributed by atoms with Crippen molar-refractivity contribution in [3.63, 3.8) is 0 Å². The van der Waals surface area contributed by atoms with Crippen molar-refractivity contribution < 1.29 is 9.53 Å². The quantitative estimate of drug-likeness (QED) is 0.261. The van der Waals surface area contributed by atoms with Crippen molar-refractivity contribution in [3.8, 4) is 11.4 Å². The van der Waals surface area contributed by atoms with E-state index >= 15 is 0 Å². The molecule has 0 saturated carbocycles. The number of benzene rings is 2. The van der Waals surface area contributed by atoms with Crippen LogP contribution in [0, 0.1) is 0 Å². The summed E-state index contributed by atoms with van der Waals surface area (Å²) in [5.74, 6) is 0.425. The molecular weight excluding hydrogens is 438 g/mol. The number of hydrogen-bond donors (Lipinski definition) is 0. The predicted octanol–water partition coefficient (Wildman–Crippen LogP) is 5.29. The second kappa shape index (κ2) is 9.71. The van der Waals surface area contributed by atoms with Crippen molar-refractivity contribution in [1.82, 2.24) is 14.8 Å². The fourth-order valence-corrected chi connectivity index (χ4v) is 3.85. The highest BCUT2D eigenvalue weighted by atomic mass is 79.9. The van der Waals surface area contributed by atoms with Crippen LogP contribution >= 0.6 is 27.7 Å². The molecule has 0 amide bonds. The Morgan fingerprint density at radius 3 is 2.61 bits per heavy atom. The van der Waals surface area contributed by atoms with Crippen LogP contribution in [0.25, 0.3) is 11.4 Å². The number of carbonyl (C=O) groups excluding carboxylic acids is 1. The zero-order valence-electron chi connectivity index (χ0n) is 15.4. The van der Waals surface area contributed by atoms with Crippen LogP contribution < -0.4 is 0 Å². The lowest BCUT2D eigenvalue weighted by atomic mass is 10.1. The second-order valence-corrected chi connectivity index (χ2v) is 7.84. The molecule has 0 radical (unpaired) electrons. The van der Waals surface area contributed by atoms with Gasteiger partial charge in [-0.05, 0) is 24.6 Å². The summed E-state index contributed by atoms with van der Waals surface area (Å²) in [4.78, 5) is 17.2. The standard InChI is InChI=1S/C21H20BrN3O2S/c1-3-14-25-19(16-10-12-17(22)13-11-16)23-21(24-25)28-18(20(26)27-4-2)15-8-6-5-7-9-15/h3,5-13,18H,1,4,14H2,2H3. The Hall–Kier alpha value is -2.38. The zero-order chi connectivity index (χ0) is 19.9. The molecule has 1 heterocycles. The molecule has 0 spiro atoms. The number of nitrogens with zero attached hydrogens (tertiary/aromatic N) is 3. The normalized spacial score (nSPS) is 11.8. The molecule has 7 heteroatoms. The number of halogens is 1. The van der Waals surface area contributed by atoms with Crippen molar-refractivity contribution in [2.75, 3.05) is 6.61 Å². The highest BCUT2D eigenvalue weighted by molar-refractivity contribution is 9.10. The van der Waals surface area contributed by atoms with Crippen LogP contribution in [-0.2, 0) is 16.1 Å². The molecule has 3 aromatic rings. The summed E-state index contributed by atoms with van der Waals surface area (Å²) in [6.07, 6.45) is 1.77. The van der Waals surface area contributed by atoms with Crippen LogP contribution in [0.15, 0.2) is 76.9 Å². The first kappa shape index (κ1) is 20.4. The zero-order valence-corrected chi connectivity index (χ0v) is 17.8. The number of hydrogen-bond acceptors (Lipinski definition) is 5. The average Bonchev–Trinajstić information content (AvgIpc) is 3.10. The summed E-state index contributed by atoms with van der Waals surface area (Å²) in [5, 5.41) is 4.57. The minimum absolute atomic E-state index is 0.302. The van der Waals surface area contributed by atoms with Gasteiger partial charge in [0, 0.05) is 10.0 Å². The van der Waals surface area contributed by atoms with E-state index in [-0.39, 0.29) is 5.97 Å². The van der Waals surface area contributed by atoms with Crippen molar-refractivity contribution in [1.29, 1.82) is 0 Å². The maximum Gasteiger partial charge on any atom is 0.324 e. The van der Waals surface area contributed by atoms with Crippen LogP contribution in [0.1, 0.15) is 17.7 Å². The van der Waals surface area contributed by atoms with Gasteiger partial charge in [0.25, 0.3) is 0 Å². The van der Waals surface area contributed by atoms with E-state index in [1.165, 1.54) is 11.8 Å². The van der Waals surface area contributed by atoms with E-state index < -0.39 is 5.25 Å². The molecule has 1 atom stereocenters. The van der Waals surface area contributed by atoms with E-state index in [4.69, 9.17) is 4.74 Å². The van der Waals surface area contributed by atoms with Crippen LogP contribution in [-0.4, -0.2) is 27.3 Å². The monoisotopic (exact) mass is 457 g/mol. The topological polar surface area (TPSA) is 57.0 Å². The van der Waals surface area contributed by atoms with E-state index in [2.05, 4.69) is 32.6 Å². The molecular formula is C21H20BrN3O2S. The number of ether oxygens (including phenoxy) is 1. The van der Waals surface area contributed by atoms with Gasteiger partial charge in [-0.25, -0.2) is 9.67 Å². The van der Waals surface area contributed by atoms with Crippen LogP contribution in [0.5, 0.6) is 0 Å². The first-order chi connectivity index (χ1) is 13.6. The summed E-state index contributed by atoms with van der Waals surface area (Å²) in [7, 11) is 0. The van der Waals surface area contributed by atoms with E-state index in [0.717, 1.165) is 21.4 Å². The Labute approximate surface area is 177 Å². The molecule has 1 aromatic heterocycles. The molecule has 0 aliphatic carbocycles. The molecule has 0 aliphatic rings. The van der Waals surface area contributed by atoms with E-state index in [9.17, 15) is 4.79 Å². The molecule has 5 nitrogen and oxygen atoms in total. The van der Waals surface area contributed by atoms with Gasteiger partial charge in [0.05, 0.1) is 13.2 Å². The third kappa shape index (κ3) is 4.91. The first-order valence-electron chi connectivity index (χ1n) is 8.82. The van der Waals surface area contributed by atoms with Gasteiger partial charge in [-0.15, -0.1) is 11.7 Å². The van der Waals surface area contributed by atoms with Crippen LogP contribution in [0.3, 0.4) is 0 Å². The van der Waals surface area contributed by atoms with Gasteiger partial charge in [0.1, 0.15) is 5.25 Å². The van der Waals surface area contributed by atoms with Gasteiger partial charge in [0.2, 0.25) is 5.16 Å². The molecule has 0 bridgehead atoms.